The molecule has 5 heteroatoms. The molecule has 0 radical (unpaired) electrons. The van der Waals surface area contributed by atoms with Gasteiger partial charge in [-0.25, -0.2) is 14.4 Å². The summed E-state index contributed by atoms with van der Waals surface area (Å²) < 4.78 is 13.3. The van der Waals surface area contributed by atoms with Gasteiger partial charge in [0.25, 0.3) is 0 Å². The van der Waals surface area contributed by atoms with Crippen LogP contribution in [0, 0.1) is 19.7 Å². The third-order valence-corrected chi connectivity index (χ3v) is 3.20. The second-order valence-electron chi connectivity index (χ2n) is 4.76. The molecule has 4 nitrogen and oxygen atoms in total. The molecule has 1 aromatic heterocycles. The first kappa shape index (κ1) is 14.2. The first-order chi connectivity index (χ1) is 9.51. The standard InChI is InChI=1S/C15H19FN4/c1-9-14(17-4)19-11(3)20-15(9)18-10(2)12-6-5-7-13(16)8-12/h5-8,10H,1-4H3,(H2,17,18,19,20). The number of nitrogens with one attached hydrogen (secondary N) is 2. The average molecular weight is 274 g/mol. The number of hydrogen-bond acceptors (Lipinski definition) is 4. The van der Waals surface area contributed by atoms with Crippen LogP contribution in [0.1, 0.15) is 29.9 Å². The van der Waals surface area contributed by atoms with Gasteiger partial charge in [0.15, 0.2) is 0 Å². The molecule has 0 saturated heterocycles. The predicted molar refractivity (Wildman–Crippen MR) is 79.5 cm³/mol. The molecule has 1 atom stereocenters. The number of nitrogens with zero attached hydrogens (tertiary/aromatic N) is 2. The molecule has 0 bridgehead atoms. The van der Waals surface area contributed by atoms with Crippen LogP contribution in [-0.2, 0) is 0 Å². The molecule has 0 spiro atoms. The Morgan fingerprint density at radius 3 is 2.50 bits per heavy atom. The van der Waals surface area contributed by atoms with Gasteiger partial charge in [-0.2, -0.15) is 0 Å². The summed E-state index contributed by atoms with van der Waals surface area (Å²) in [6.45, 7) is 5.77. The van der Waals surface area contributed by atoms with Crippen LogP contribution in [0.3, 0.4) is 0 Å². The highest BCUT2D eigenvalue weighted by Gasteiger charge is 2.12. The zero-order valence-electron chi connectivity index (χ0n) is 12.2. The molecule has 0 fully saturated rings. The van der Waals surface area contributed by atoms with E-state index < -0.39 is 0 Å². The zero-order valence-corrected chi connectivity index (χ0v) is 12.2. The van der Waals surface area contributed by atoms with Gasteiger partial charge in [-0.3, -0.25) is 0 Å². The van der Waals surface area contributed by atoms with Gasteiger partial charge in [-0.15, -0.1) is 0 Å². The number of aryl methyl sites for hydroxylation is 1. The second kappa shape index (κ2) is 5.86. The number of rotatable bonds is 4. The van der Waals surface area contributed by atoms with E-state index in [1.165, 1.54) is 12.1 Å². The predicted octanol–water partition coefficient (Wildman–Crippen LogP) is 3.45. The van der Waals surface area contributed by atoms with Gasteiger partial charge in [0.05, 0.1) is 6.04 Å². The van der Waals surface area contributed by atoms with Gasteiger partial charge in [-0.05, 0) is 38.5 Å². The summed E-state index contributed by atoms with van der Waals surface area (Å²) in [6, 6.07) is 6.53. The Hall–Kier alpha value is -2.17. The summed E-state index contributed by atoms with van der Waals surface area (Å²) in [7, 11) is 1.83. The maximum Gasteiger partial charge on any atom is 0.135 e. The van der Waals surface area contributed by atoms with Crippen LogP contribution >= 0.6 is 0 Å². The summed E-state index contributed by atoms with van der Waals surface area (Å²) in [5, 5.41) is 6.36. The number of halogens is 1. The first-order valence-electron chi connectivity index (χ1n) is 6.56. The van der Waals surface area contributed by atoms with Crippen molar-refractivity contribution in [2.45, 2.75) is 26.8 Å². The fourth-order valence-corrected chi connectivity index (χ4v) is 2.08. The Bertz CT molecular complexity index is 613. The van der Waals surface area contributed by atoms with Crippen molar-refractivity contribution < 1.29 is 4.39 Å². The average Bonchev–Trinajstić information content (AvgIpc) is 2.42. The van der Waals surface area contributed by atoms with Crippen molar-refractivity contribution >= 4 is 11.6 Å². The van der Waals surface area contributed by atoms with Crippen LogP contribution in [-0.4, -0.2) is 17.0 Å². The van der Waals surface area contributed by atoms with Crippen LogP contribution in [0.4, 0.5) is 16.0 Å². The Labute approximate surface area is 118 Å². The van der Waals surface area contributed by atoms with E-state index in [2.05, 4.69) is 20.6 Å². The highest BCUT2D eigenvalue weighted by atomic mass is 19.1. The summed E-state index contributed by atoms with van der Waals surface area (Å²) in [4.78, 5) is 8.74. The number of benzene rings is 1. The van der Waals surface area contributed by atoms with Crippen LogP contribution < -0.4 is 10.6 Å². The SMILES string of the molecule is CNc1nc(C)nc(NC(C)c2cccc(F)c2)c1C. The smallest absolute Gasteiger partial charge is 0.135 e. The van der Waals surface area contributed by atoms with Gasteiger partial charge in [-0.1, -0.05) is 12.1 Å². The molecule has 2 rings (SSSR count). The lowest BCUT2D eigenvalue weighted by molar-refractivity contribution is 0.623. The lowest BCUT2D eigenvalue weighted by atomic mass is 10.1. The molecule has 0 saturated carbocycles. The molecule has 1 unspecified atom stereocenters. The van der Waals surface area contributed by atoms with Crippen molar-refractivity contribution in [2.75, 3.05) is 17.7 Å². The van der Waals surface area contributed by atoms with E-state index in [4.69, 9.17) is 0 Å². The Balaban J connectivity index is 2.28. The van der Waals surface area contributed by atoms with Crippen molar-refractivity contribution in [3.8, 4) is 0 Å². The maximum atomic E-state index is 13.3. The van der Waals surface area contributed by atoms with E-state index in [1.807, 2.05) is 33.9 Å². The summed E-state index contributed by atoms with van der Waals surface area (Å²) >= 11 is 0. The summed E-state index contributed by atoms with van der Waals surface area (Å²) in [6.07, 6.45) is 0. The molecule has 2 aromatic rings. The van der Waals surface area contributed by atoms with Crippen LogP contribution in [0.25, 0.3) is 0 Å². The molecule has 106 valence electrons. The lowest BCUT2D eigenvalue weighted by Gasteiger charge is -2.18. The van der Waals surface area contributed by atoms with E-state index in [0.29, 0.717) is 5.82 Å². The third-order valence-electron chi connectivity index (χ3n) is 3.20. The normalized spacial score (nSPS) is 12.1. The van der Waals surface area contributed by atoms with E-state index in [0.717, 1.165) is 22.8 Å². The van der Waals surface area contributed by atoms with Gasteiger partial charge >= 0.3 is 0 Å². The van der Waals surface area contributed by atoms with Crippen LogP contribution in [0.5, 0.6) is 0 Å². The molecular formula is C15H19FN4. The topological polar surface area (TPSA) is 49.8 Å². The number of anilines is 2. The minimum Gasteiger partial charge on any atom is -0.373 e. The highest BCUT2D eigenvalue weighted by Crippen LogP contribution is 2.24. The quantitative estimate of drug-likeness (QED) is 0.896. The van der Waals surface area contributed by atoms with Crippen LogP contribution in [0.2, 0.25) is 0 Å². The summed E-state index contributed by atoms with van der Waals surface area (Å²) in [5.41, 5.74) is 1.83. The molecule has 20 heavy (non-hydrogen) atoms. The van der Waals surface area contributed by atoms with Crippen molar-refractivity contribution in [2.24, 2.45) is 0 Å². The maximum absolute atomic E-state index is 13.3. The number of aromatic nitrogens is 2. The Kier molecular flexibility index (Phi) is 4.17. The second-order valence-corrected chi connectivity index (χ2v) is 4.76. The van der Waals surface area contributed by atoms with Gasteiger partial charge < -0.3 is 10.6 Å². The van der Waals surface area contributed by atoms with E-state index in [9.17, 15) is 4.39 Å². The molecule has 1 aromatic carbocycles. The van der Waals surface area contributed by atoms with Crippen molar-refractivity contribution in [1.82, 2.24) is 9.97 Å². The number of hydrogen-bond donors (Lipinski definition) is 2. The fraction of sp³-hybridized carbons (Fsp3) is 0.333. The molecular weight excluding hydrogens is 255 g/mol. The molecule has 2 N–H and O–H groups in total. The molecule has 1 heterocycles. The fourth-order valence-electron chi connectivity index (χ4n) is 2.08. The van der Waals surface area contributed by atoms with Gasteiger partial charge in [0.2, 0.25) is 0 Å². The Morgan fingerprint density at radius 1 is 1.15 bits per heavy atom. The van der Waals surface area contributed by atoms with Crippen molar-refractivity contribution in [1.29, 1.82) is 0 Å². The summed E-state index contributed by atoms with van der Waals surface area (Å²) in [5.74, 6) is 2.02. The Morgan fingerprint density at radius 2 is 1.85 bits per heavy atom. The molecule has 0 aliphatic rings. The molecule has 0 amide bonds. The largest absolute Gasteiger partial charge is 0.373 e. The van der Waals surface area contributed by atoms with Gasteiger partial charge in [0, 0.05) is 12.6 Å². The van der Waals surface area contributed by atoms with E-state index in [-0.39, 0.29) is 11.9 Å². The lowest BCUT2D eigenvalue weighted by Crippen LogP contribution is -2.12. The van der Waals surface area contributed by atoms with Gasteiger partial charge in [0.1, 0.15) is 23.3 Å². The van der Waals surface area contributed by atoms with E-state index >= 15 is 0 Å². The van der Waals surface area contributed by atoms with Crippen molar-refractivity contribution in [3.63, 3.8) is 0 Å². The minimum absolute atomic E-state index is 0.0385. The van der Waals surface area contributed by atoms with Crippen molar-refractivity contribution in [3.05, 3.63) is 47.0 Å². The minimum atomic E-state index is -0.234. The third kappa shape index (κ3) is 3.04. The molecule has 0 aliphatic carbocycles. The molecule has 0 aliphatic heterocycles. The first-order valence-corrected chi connectivity index (χ1v) is 6.56. The zero-order chi connectivity index (χ0) is 14.7. The van der Waals surface area contributed by atoms with Crippen LogP contribution in [0.15, 0.2) is 24.3 Å². The van der Waals surface area contributed by atoms with E-state index in [1.54, 1.807) is 6.07 Å². The monoisotopic (exact) mass is 274 g/mol. The highest BCUT2D eigenvalue weighted by molar-refractivity contribution is 5.57.